The number of hydrogen-bond acceptors (Lipinski definition) is 3. The van der Waals surface area contributed by atoms with Crippen molar-refractivity contribution in [3.8, 4) is 33.8 Å². The van der Waals surface area contributed by atoms with E-state index in [0.717, 1.165) is 0 Å². The monoisotopic (exact) mass is 500 g/mol. The topological polar surface area (TPSA) is 55.8 Å². The van der Waals surface area contributed by atoms with E-state index in [4.69, 9.17) is 32.7 Å². The van der Waals surface area contributed by atoms with Crippen LogP contribution in [-0.4, -0.2) is 17.4 Å². The summed E-state index contributed by atoms with van der Waals surface area (Å²) in [5.41, 5.74) is 2.62. The molecule has 4 aromatic carbocycles. The molecular formula is C26H16Cl2F2O4. The lowest BCUT2D eigenvalue weighted by Gasteiger charge is -2.17. The standard InChI is InChI=1S/C26H16Cl2F2O4/c27-21-11-5-17(13-23(21)29)15-1-7-19(8-2-15)33-26(25(31)32)34-20-9-3-16(4-10-20)18-6-12-22(28)24(30)14-18/h1-14,26H,(H,31,32). The number of ether oxygens (including phenoxy) is 2. The zero-order valence-corrected chi connectivity index (χ0v) is 18.9. The van der Waals surface area contributed by atoms with Crippen LogP contribution in [0.3, 0.4) is 0 Å². The summed E-state index contributed by atoms with van der Waals surface area (Å²) >= 11 is 11.4. The fraction of sp³-hybridized carbons (Fsp3) is 0.0385. The molecule has 0 unspecified atom stereocenters. The number of hydrogen-bond donors (Lipinski definition) is 1. The summed E-state index contributed by atoms with van der Waals surface area (Å²) in [7, 11) is 0. The Kier molecular flexibility index (Phi) is 7.01. The third kappa shape index (κ3) is 5.47. The number of carboxylic acids is 1. The molecule has 0 aliphatic heterocycles. The summed E-state index contributed by atoms with van der Waals surface area (Å²) in [6.45, 7) is 0. The Bertz CT molecular complexity index is 1230. The van der Waals surface area contributed by atoms with Crippen molar-refractivity contribution in [1.82, 2.24) is 0 Å². The van der Waals surface area contributed by atoms with Crippen LogP contribution in [0.25, 0.3) is 22.3 Å². The summed E-state index contributed by atoms with van der Waals surface area (Å²) in [5.74, 6) is -1.90. The van der Waals surface area contributed by atoms with E-state index in [1.807, 2.05) is 0 Å². The molecule has 4 nitrogen and oxygen atoms in total. The molecule has 0 spiro atoms. The number of rotatable bonds is 7. The first kappa shape index (κ1) is 23.5. The van der Waals surface area contributed by atoms with Crippen molar-refractivity contribution in [2.24, 2.45) is 0 Å². The Balaban J connectivity index is 1.45. The lowest BCUT2D eigenvalue weighted by atomic mass is 10.1. The van der Waals surface area contributed by atoms with E-state index in [9.17, 15) is 18.7 Å². The molecule has 0 amide bonds. The normalized spacial score (nSPS) is 10.9. The SMILES string of the molecule is O=C(O)C(Oc1ccc(-c2ccc(Cl)c(F)c2)cc1)Oc1ccc(-c2ccc(Cl)c(F)c2)cc1. The number of halogens is 4. The van der Waals surface area contributed by atoms with Gasteiger partial charge in [0.05, 0.1) is 10.0 Å². The van der Waals surface area contributed by atoms with Crippen LogP contribution in [0.5, 0.6) is 11.5 Å². The van der Waals surface area contributed by atoms with Gasteiger partial charge in [-0.2, -0.15) is 0 Å². The van der Waals surface area contributed by atoms with Gasteiger partial charge in [-0.1, -0.05) is 59.6 Å². The lowest BCUT2D eigenvalue weighted by molar-refractivity contribution is -0.158. The van der Waals surface area contributed by atoms with Gasteiger partial charge in [0.25, 0.3) is 0 Å². The summed E-state index contributed by atoms with van der Waals surface area (Å²) in [6.07, 6.45) is -1.61. The molecule has 4 rings (SSSR count). The Morgan fingerprint density at radius 3 is 1.32 bits per heavy atom. The second kappa shape index (κ2) is 10.1. The zero-order chi connectivity index (χ0) is 24.2. The van der Waals surface area contributed by atoms with Crippen molar-refractivity contribution in [3.63, 3.8) is 0 Å². The average molecular weight is 501 g/mol. The van der Waals surface area contributed by atoms with E-state index in [-0.39, 0.29) is 21.5 Å². The van der Waals surface area contributed by atoms with E-state index in [2.05, 4.69) is 0 Å². The van der Waals surface area contributed by atoms with Gasteiger partial charge in [0, 0.05) is 0 Å². The van der Waals surface area contributed by atoms with Crippen molar-refractivity contribution < 1.29 is 28.2 Å². The van der Waals surface area contributed by atoms with Gasteiger partial charge in [-0.3, -0.25) is 0 Å². The predicted molar refractivity (Wildman–Crippen MR) is 126 cm³/mol. The number of aliphatic carboxylic acids is 1. The maximum atomic E-state index is 13.7. The van der Waals surface area contributed by atoms with E-state index >= 15 is 0 Å². The molecule has 34 heavy (non-hydrogen) atoms. The van der Waals surface area contributed by atoms with Crippen LogP contribution in [-0.2, 0) is 4.79 Å². The van der Waals surface area contributed by atoms with E-state index in [1.165, 1.54) is 24.3 Å². The summed E-state index contributed by atoms with van der Waals surface area (Å²) in [4.78, 5) is 11.7. The third-order valence-corrected chi connectivity index (χ3v) is 5.52. The fourth-order valence-electron chi connectivity index (χ4n) is 3.18. The van der Waals surface area contributed by atoms with Crippen LogP contribution >= 0.6 is 23.2 Å². The smallest absolute Gasteiger partial charge is 0.387 e. The van der Waals surface area contributed by atoms with Crippen molar-refractivity contribution in [1.29, 1.82) is 0 Å². The van der Waals surface area contributed by atoms with Crippen LogP contribution in [0.1, 0.15) is 0 Å². The minimum Gasteiger partial charge on any atom is -0.476 e. The largest absolute Gasteiger partial charge is 0.476 e. The Hall–Kier alpha value is -3.61. The summed E-state index contributed by atoms with van der Waals surface area (Å²) < 4.78 is 38.4. The van der Waals surface area contributed by atoms with Crippen LogP contribution in [0.4, 0.5) is 8.78 Å². The number of carbonyl (C=O) groups is 1. The molecule has 0 saturated carbocycles. The predicted octanol–water partition coefficient (Wildman–Crippen LogP) is 7.47. The number of carboxylic acid groups (broad SMARTS) is 1. The van der Waals surface area contributed by atoms with Crippen LogP contribution in [0.2, 0.25) is 10.0 Å². The van der Waals surface area contributed by atoms with Crippen molar-refractivity contribution >= 4 is 29.2 Å². The second-order valence-corrected chi connectivity index (χ2v) is 8.03. The van der Waals surface area contributed by atoms with E-state index in [1.54, 1.807) is 60.7 Å². The molecule has 172 valence electrons. The highest BCUT2D eigenvalue weighted by Gasteiger charge is 2.22. The van der Waals surface area contributed by atoms with E-state index < -0.39 is 23.9 Å². The minimum atomic E-state index is -1.61. The molecule has 0 radical (unpaired) electrons. The lowest BCUT2D eigenvalue weighted by Crippen LogP contribution is -2.33. The first-order chi connectivity index (χ1) is 16.3. The first-order valence-corrected chi connectivity index (χ1v) is 10.7. The maximum Gasteiger partial charge on any atom is 0.387 e. The highest BCUT2D eigenvalue weighted by molar-refractivity contribution is 6.31. The van der Waals surface area contributed by atoms with Crippen molar-refractivity contribution in [2.45, 2.75) is 6.29 Å². The third-order valence-electron chi connectivity index (χ3n) is 4.90. The van der Waals surface area contributed by atoms with Gasteiger partial charge in [-0.05, 0) is 70.8 Å². The molecule has 0 heterocycles. The minimum absolute atomic E-state index is 0.0264. The first-order valence-electron chi connectivity index (χ1n) is 9.97. The average Bonchev–Trinajstić information content (AvgIpc) is 2.83. The van der Waals surface area contributed by atoms with Crippen LogP contribution in [0.15, 0.2) is 84.9 Å². The maximum absolute atomic E-state index is 13.7. The molecule has 4 aromatic rings. The van der Waals surface area contributed by atoms with Gasteiger partial charge in [0.15, 0.2) is 0 Å². The highest BCUT2D eigenvalue weighted by Crippen LogP contribution is 2.28. The zero-order valence-electron chi connectivity index (χ0n) is 17.3. The molecule has 8 heteroatoms. The molecule has 0 atom stereocenters. The quantitative estimate of drug-likeness (QED) is 0.267. The van der Waals surface area contributed by atoms with Crippen molar-refractivity contribution in [2.75, 3.05) is 0 Å². The summed E-state index contributed by atoms with van der Waals surface area (Å²) in [6, 6.07) is 21.8. The van der Waals surface area contributed by atoms with Gasteiger partial charge in [0.2, 0.25) is 0 Å². The molecule has 0 aliphatic rings. The number of benzene rings is 4. The molecule has 1 N–H and O–H groups in total. The second-order valence-electron chi connectivity index (χ2n) is 7.21. The Labute approximate surface area is 203 Å². The Morgan fingerprint density at radius 2 is 1.00 bits per heavy atom. The van der Waals surface area contributed by atoms with Gasteiger partial charge >= 0.3 is 12.3 Å². The van der Waals surface area contributed by atoms with Crippen molar-refractivity contribution in [3.05, 3.63) is 107 Å². The molecule has 0 aliphatic carbocycles. The van der Waals surface area contributed by atoms with E-state index in [0.29, 0.717) is 22.3 Å². The van der Waals surface area contributed by atoms with Gasteiger partial charge in [-0.25, -0.2) is 13.6 Å². The summed E-state index contributed by atoms with van der Waals surface area (Å²) in [5, 5.41) is 9.57. The van der Waals surface area contributed by atoms with Gasteiger partial charge < -0.3 is 14.6 Å². The molecule has 0 fully saturated rings. The highest BCUT2D eigenvalue weighted by atomic mass is 35.5. The molecule has 0 saturated heterocycles. The molecule has 0 bridgehead atoms. The van der Waals surface area contributed by atoms with Gasteiger partial charge in [-0.15, -0.1) is 0 Å². The van der Waals surface area contributed by atoms with Crippen LogP contribution in [0, 0.1) is 11.6 Å². The fourth-order valence-corrected chi connectivity index (χ4v) is 3.41. The Morgan fingerprint density at radius 1 is 0.647 bits per heavy atom. The van der Waals surface area contributed by atoms with Gasteiger partial charge in [0.1, 0.15) is 23.1 Å². The molecule has 0 aromatic heterocycles. The molecular weight excluding hydrogens is 485 g/mol. The van der Waals surface area contributed by atoms with Crippen LogP contribution < -0.4 is 9.47 Å².